The molecule has 0 aliphatic heterocycles. The summed E-state index contributed by atoms with van der Waals surface area (Å²) in [5, 5.41) is 0. The van der Waals surface area contributed by atoms with Crippen LogP contribution in [0.4, 0.5) is 0 Å². The number of hydrogen-bond donors (Lipinski definition) is 1. The molecular weight excluding hydrogens is 238 g/mol. The van der Waals surface area contributed by atoms with Gasteiger partial charge in [0.25, 0.3) is 0 Å². The molecular formula is C15H25N3O. The van der Waals surface area contributed by atoms with Gasteiger partial charge in [0.2, 0.25) is 5.91 Å². The van der Waals surface area contributed by atoms with Crippen LogP contribution in [0.5, 0.6) is 0 Å². The summed E-state index contributed by atoms with van der Waals surface area (Å²) < 4.78 is 0. The van der Waals surface area contributed by atoms with Crippen molar-refractivity contribution in [3.8, 4) is 0 Å². The van der Waals surface area contributed by atoms with Crippen molar-refractivity contribution in [1.29, 1.82) is 0 Å². The molecule has 1 amide bonds. The normalized spacial score (nSPS) is 14.5. The van der Waals surface area contributed by atoms with Crippen LogP contribution in [-0.4, -0.2) is 27.9 Å². The summed E-state index contributed by atoms with van der Waals surface area (Å²) in [5.74, 6) is 0.118. The summed E-state index contributed by atoms with van der Waals surface area (Å²) in [5.41, 5.74) is 6.89. The molecule has 0 saturated heterocycles. The second-order valence-electron chi connectivity index (χ2n) is 5.54. The number of hydrogen-bond acceptors (Lipinski definition) is 3. The zero-order valence-corrected chi connectivity index (χ0v) is 12.5. The van der Waals surface area contributed by atoms with Crippen LogP contribution in [0.15, 0.2) is 24.4 Å². The van der Waals surface area contributed by atoms with Crippen LogP contribution >= 0.6 is 0 Å². The van der Waals surface area contributed by atoms with Crippen LogP contribution in [0.3, 0.4) is 0 Å². The average Bonchev–Trinajstić information content (AvgIpc) is 2.38. The molecule has 0 bridgehead atoms. The van der Waals surface area contributed by atoms with Gasteiger partial charge in [0, 0.05) is 12.2 Å². The minimum atomic E-state index is -0.464. The van der Waals surface area contributed by atoms with Crippen molar-refractivity contribution in [3.63, 3.8) is 0 Å². The quantitative estimate of drug-likeness (QED) is 0.887. The van der Waals surface area contributed by atoms with Gasteiger partial charge in [0.15, 0.2) is 0 Å². The number of nitrogens with two attached hydrogens (primary N) is 1. The van der Waals surface area contributed by atoms with Gasteiger partial charge in [-0.2, -0.15) is 0 Å². The summed E-state index contributed by atoms with van der Waals surface area (Å²) in [6, 6.07) is 5.30. The Kier molecular flexibility index (Phi) is 5.48. The third kappa shape index (κ3) is 3.77. The third-order valence-corrected chi connectivity index (χ3v) is 3.35. The highest BCUT2D eigenvalue weighted by Gasteiger charge is 2.30. The first-order chi connectivity index (χ1) is 8.86. The van der Waals surface area contributed by atoms with E-state index in [2.05, 4.69) is 4.98 Å². The van der Waals surface area contributed by atoms with Gasteiger partial charge in [-0.3, -0.25) is 9.78 Å². The number of carbonyl (C=O) groups is 1. The van der Waals surface area contributed by atoms with Crippen LogP contribution in [-0.2, 0) is 4.79 Å². The van der Waals surface area contributed by atoms with E-state index >= 15 is 0 Å². The molecule has 0 fully saturated rings. The van der Waals surface area contributed by atoms with Crippen molar-refractivity contribution >= 4 is 5.91 Å². The van der Waals surface area contributed by atoms with Crippen LogP contribution in [0.1, 0.15) is 46.4 Å². The Labute approximate surface area is 116 Å². The largest absolute Gasteiger partial charge is 0.331 e. The lowest BCUT2D eigenvalue weighted by molar-refractivity contribution is -0.137. The highest BCUT2D eigenvalue weighted by Crippen LogP contribution is 2.22. The van der Waals surface area contributed by atoms with E-state index in [1.54, 1.807) is 6.20 Å². The Morgan fingerprint density at radius 2 is 1.84 bits per heavy atom. The fraction of sp³-hybridized carbons (Fsp3) is 0.600. The summed E-state index contributed by atoms with van der Waals surface area (Å²) in [6.45, 7) is 9.93. The van der Waals surface area contributed by atoms with E-state index in [0.717, 1.165) is 5.69 Å². The molecule has 4 heteroatoms. The standard InChI is InChI=1S/C15H25N3O/c1-10(2)14(16)15(19)18(11(3)4)12(5)13-8-6-7-9-17-13/h6-12,14H,16H2,1-5H3/t12-,14-/m0/s1. The minimum Gasteiger partial charge on any atom is -0.331 e. The molecule has 0 aromatic carbocycles. The van der Waals surface area contributed by atoms with E-state index in [1.165, 1.54) is 0 Å². The molecule has 2 N–H and O–H groups in total. The maximum Gasteiger partial charge on any atom is 0.240 e. The number of carbonyl (C=O) groups excluding carboxylic acids is 1. The maximum absolute atomic E-state index is 12.5. The van der Waals surface area contributed by atoms with Gasteiger partial charge in [-0.25, -0.2) is 0 Å². The van der Waals surface area contributed by atoms with Gasteiger partial charge in [-0.15, -0.1) is 0 Å². The molecule has 1 heterocycles. The number of aromatic nitrogens is 1. The fourth-order valence-corrected chi connectivity index (χ4v) is 2.12. The average molecular weight is 263 g/mol. The Hall–Kier alpha value is -1.42. The first kappa shape index (κ1) is 15.6. The Morgan fingerprint density at radius 1 is 1.21 bits per heavy atom. The van der Waals surface area contributed by atoms with Crippen LogP contribution in [0.25, 0.3) is 0 Å². The second kappa shape index (κ2) is 6.66. The lowest BCUT2D eigenvalue weighted by atomic mass is 10.0. The SMILES string of the molecule is CC(C)[C@H](N)C(=O)N(C(C)C)[C@@H](C)c1ccccn1. The van der Waals surface area contributed by atoms with Crippen LogP contribution < -0.4 is 5.73 Å². The van der Waals surface area contributed by atoms with E-state index in [1.807, 2.05) is 57.7 Å². The van der Waals surface area contributed by atoms with Gasteiger partial charge >= 0.3 is 0 Å². The van der Waals surface area contributed by atoms with Gasteiger partial charge in [-0.1, -0.05) is 19.9 Å². The molecule has 2 atom stereocenters. The first-order valence-electron chi connectivity index (χ1n) is 6.85. The summed E-state index contributed by atoms with van der Waals surface area (Å²) in [6.07, 6.45) is 1.75. The molecule has 0 saturated carbocycles. The molecule has 0 unspecified atom stereocenters. The summed E-state index contributed by atoms with van der Waals surface area (Å²) in [4.78, 5) is 18.7. The molecule has 0 aliphatic carbocycles. The predicted molar refractivity (Wildman–Crippen MR) is 77.4 cm³/mol. The topological polar surface area (TPSA) is 59.2 Å². The van der Waals surface area contributed by atoms with Crippen molar-refractivity contribution in [2.24, 2.45) is 11.7 Å². The lowest BCUT2D eigenvalue weighted by Gasteiger charge is -2.35. The molecule has 0 spiro atoms. The molecule has 106 valence electrons. The van der Waals surface area contributed by atoms with Gasteiger partial charge in [0.05, 0.1) is 17.8 Å². The first-order valence-corrected chi connectivity index (χ1v) is 6.85. The van der Waals surface area contributed by atoms with E-state index < -0.39 is 6.04 Å². The lowest BCUT2D eigenvalue weighted by Crippen LogP contribution is -2.50. The Balaban J connectivity index is 2.98. The monoisotopic (exact) mass is 263 g/mol. The molecule has 1 aromatic heterocycles. The number of pyridine rings is 1. The smallest absolute Gasteiger partial charge is 0.240 e. The Morgan fingerprint density at radius 3 is 2.26 bits per heavy atom. The molecule has 1 rings (SSSR count). The van der Waals surface area contributed by atoms with Crippen molar-refractivity contribution in [3.05, 3.63) is 30.1 Å². The molecule has 1 aromatic rings. The van der Waals surface area contributed by atoms with Gasteiger partial charge in [-0.05, 0) is 38.8 Å². The Bertz CT molecular complexity index is 403. The van der Waals surface area contributed by atoms with Crippen molar-refractivity contribution in [1.82, 2.24) is 9.88 Å². The highest BCUT2D eigenvalue weighted by atomic mass is 16.2. The van der Waals surface area contributed by atoms with Crippen molar-refractivity contribution < 1.29 is 4.79 Å². The molecule has 0 aliphatic rings. The van der Waals surface area contributed by atoms with Crippen molar-refractivity contribution in [2.45, 2.75) is 52.7 Å². The second-order valence-corrected chi connectivity index (χ2v) is 5.54. The zero-order chi connectivity index (χ0) is 14.6. The van der Waals surface area contributed by atoms with Crippen LogP contribution in [0, 0.1) is 5.92 Å². The van der Waals surface area contributed by atoms with Gasteiger partial charge in [0.1, 0.15) is 0 Å². The van der Waals surface area contributed by atoms with Gasteiger partial charge < -0.3 is 10.6 Å². The predicted octanol–water partition coefficient (Wildman–Crippen LogP) is 2.36. The number of rotatable bonds is 5. The van der Waals surface area contributed by atoms with E-state index in [4.69, 9.17) is 5.73 Å². The summed E-state index contributed by atoms with van der Waals surface area (Å²) >= 11 is 0. The summed E-state index contributed by atoms with van der Waals surface area (Å²) in [7, 11) is 0. The number of amides is 1. The number of nitrogens with zero attached hydrogens (tertiary/aromatic N) is 2. The maximum atomic E-state index is 12.5. The van der Waals surface area contributed by atoms with E-state index in [0.29, 0.717) is 0 Å². The minimum absolute atomic E-state index is 0.0110. The van der Waals surface area contributed by atoms with Crippen LogP contribution in [0.2, 0.25) is 0 Å². The third-order valence-electron chi connectivity index (χ3n) is 3.35. The van der Waals surface area contributed by atoms with E-state index in [9.17, 15) is 4.79 Å². The zero-order valence-electron chi connectivity index (χ0n) is 12.5. The molecule has 19 heavy (non-hydrogen) atoms. The molecule has 0 radical (unpaired) electrons. The van der Waals surface area contributed by atoms with E-state index in [-0.39, 0.29) is 23.9 Å². The highest BCUT2D eigenvalue weighted by molar-refractivity contribution is 5.82. The fourth-order valence-electron chi connectivity index (χ4n) is 2.12. The molecule has 4 nitrogen and oxygen atoms in total. The van der Waals surface area contributed by atoms with Crippen molar-refractivity contribution in [2.75, 3.05) is 0 Å².